The molecule has 0 bridgehead atoms. The number of fused-ring (bicyclic) bond motifs is 1. The monoisotopic (exact) mass is 325 g/mol. The van der Waals surface area contributed by atoms with Crippen molar-refractivity contribution in [3.05, 3.63) is 71.0 Å². The third-order valence-electron chi connectivity index (χ3n) is 4.94. The molecule has 1 aliphatic heterocycles. The fourth-order valence-electron chi connectivity index (χ4n) is 3.62. The van der Waals surface area contributed by atoms with Crippen molar-refractivity contribution in [3.63, 3.8) is 0 Å². The van der Waals surface area contributed by atoms with Gasteiger partial charge in [-0.2, -0.15) is 0 Å². The van der Waals surface area contributed by atoms with Crippen molar-refractivity contribution in [2.24, 2.45) is 0 Å². The van der Waals surface area contributed by atoms with Crippen LogP contribution in [0, 0.1) is 5.82 Å². The van der Waals surface area contributed by atoms with Crippen LogP contribution in [0.1, 0.15) is 41.6 Å². The number of aryl methyl sites for hydroxylation is 1. The van der Waals surface area contributed by atoms with Crippen LogP contribution >= 0.6 is 0 Å². The highest BCUT2D eigenvalue weighted by Gasteiger charge is 2.32. The van der Waals surface area contributed by atoms with E-state index in [-0.39, 0.29) is 29.8 Å². The summed E-state index contributed by atoms with van der Waals surface area (Å²) in [5, 5.41) is 3.16. The fourth-order valence-corrected chi connectivity index (χ4v) is 3.62. The second kappa shape index (κ2) is 6.34. The van der Waals surface area contributed by atoms with Crippen LogP contribution in [0.4, 0.5) is 4.39 Å². The minimum Gasteiger partial charge on any atom is -0.348 e. The lowest BCUT2D eigenvalue weighted by molar-refractivity contribution is -0.123. The Morgan fingerprint density at radius 3 is 2.71 bits per heavy atom. The molecular formula is C19H20FN3O. The lowest BCUT2D eigenvalue weighted by atomic mass is 10.0. The van der Waals surface area contributed by atoms with Crippen LogP contribution < -0.4 is 16.2 Å². The van der Waals surface area contributed by atoms with Gasteiger partial charge in [-0.15, -0.1) is 0 Å². The van der Waals surface area contributed by atoms with Crippen molar-refractivity contribution in [1.29, 1.82) is 0 Å². The van der Waals surface area contributed by atoms with E-state index >= 15 is 0 Å². The number of halogens is 1. The minimum atomic E-state index is -0.284. The molecule has 4 nitrogen and oxygen atoms in total. The molecule has 2 aliphatic rings. The molecule has 2 aromatic rings. The molecule has 0 saturated carbocycles. The Labute approximate surface area is 140 Å². The molecule has 5 heteroatoms. The minimum absolute atomic E-state index is 0.00816. The van der Waals surface area contributed by atoms with Crippen LogP contribution in [0.25, 0.3) is 0 Å². The van der Waals surface area contributed by atoms with Crippen LogP contribution in [0.15, 0.2) is 48.5 Å². The summed E-state index contributed by atoms with van der Waals surface area (Å²) in [7, 11) is 0. The van der Waals surface area contributed by atoms with Gasteiger partial charge >= 0.3 is 0 Å². The lowest BCUT2D eigenvalue weighted by Gasteiger charge is -2.17. The Morgan fingerprint density at radius 2 is 1.88 bits per heavy atom. The number of hydrazine groups is 1. The molecule has 1 saturated heterocycles. The molecule has 1 heterocycles. The maximum absolute atomic E-state index is 13.0. The molecule has 24 heavy (non-hydrogen) atoms. The quantitative estimate of drug-likeness (QED) is 0.813. The number of rotatable bonds is 3. The van der Waals surface area contributed by atoms with Gasteiger partial charge in [-0.05, 0) is 48.1 Å². The molecular weight excluding hydrogens is 305 g/mol. The number of carbonyl (C=O) groups excluding carboxylic acids is 1. The Hall–Kier alpha value is -2.24. The van der Waals surface area contributed by atoms with Gasteiger partial charge in [-0.25, -0.2) is 15.2 Å². The molecule has 2 aromatic carbocycles. The van der Waals surface area contributed by atoms with E-state index in [4.69, 9.17) is 0 Å². The lowest BCUT2D eigenvalue weighted by Crippen LogP contribution is -2.44. The van der Waals surface area contributed by atoms with Gasteiger partial charge in [0.1, 0.15) is 11.9 Å². The van der Waals surface area contributed by atoms with Gasteiger partial charge in [-0.3, -0.25) is 4.79 Å². The molecule has 0 radical (unpaired) electrons. The van der Waals surface area contributed by atoms with Gasteiger partial charge in [0.25, 0.3) is 0 Å². The molecule has 0 aromatic heterocycles. The summed E-state index contributed by atoms with van der Waals surface area (Å²) < 4.78 is 13.0. The summed E-state index contributed by atoms with van der Waals surface area (Å²) in [4.78, 5) is 12.6. The summed E-state index contributed by atoms with van der Waals surface area (Å²) in [5.41, 5.74) is 9.73. The first-order valence-electron chi connectivity index (χ1n) is 8.35. The number of carbonyl (C=O) groups is 1. The molecule has 1 aliphatic carbocycles. The molecule has 1 amide bonds. The number of hydrogen-bond acceptors (Lipinski definition) is 3. The first-order valence-corrected chi connectivity index (χ1v) is 8.35. The number of hydrogen-bond donors (Lipinski definition) is 3. The second-order valence-corrected chi connectivity index (χ2v) is 6.48. The molecule has 1 fully saturated rings. The van der Waals surface area contributed by atoms with Crippen LogP contribution in [0.3, 0.4) is 0 Å². The Morgan fingerprint density at radius 1 is 1.08 bits per heavy atom. The zero-order chi connectivity index (χ0) is 16.5. The number of amides is 1. The molecule has 0 spiro atoms. The van der Waals surface area contributed by atoms with E-state index in [1.54, 1.807) is 12.1 Å². The number of nitrogens with one attached hydrogen (secondary N) is 3. The van der Waals surface area contributed by atoms with E-state index < -0.39 is 0 Å². The highest BCUT2D eigenvalue weighted by atomic mass is 19.1. The van der Waals surface area contributed by atoms with E-state index in [0.717, 1.165) is 18.4 Å². The predicted octanol–water partition coefficient (Wildman–Crippen LogP) is 2.54. The zero-order valence-corrected chi connectivity index (χ0v) is 13.3. The van der Waals surface area contributed by atoms with Crippen LogP contribution in [-0.4, -0.2) is 11.9 Å². The third kappa shape index (κ3) is 2.92. The van der Waals surface area contributed by atoms with E-state index in [9.17, 15) is 9.18 Å². The summed E-state index contributed by atoms with van der Waals surface area (Å²) in [5.74, 6) is -0.243. The van der Waals surface area contributed by atoms with Gasteiger partial charge in [0.05, 0.1) is 6.04 Å². The third-order valence-corrected chi connectivity index (χ3v) is 4.94. The van der Waals surface area contributed by atoms with Gasteiger partial charge in [0.15, 0.2) is 0 Å². The Kier molecular flexibility index (Phi) is 4.04. The number of benzene rings is 2. The maximum atomic E-state index is 13.0. The highest BCUT2D eigenvalue weighted by molar-refractivity contribution is 5.82. The van der Waals surface area contributed by atoms with Gasteiger partial charge in [-0.1, -0.05) is 36.4 Å². The predicted molar refractivity (Wildman–Crippen MR) is 89.5 cm³/mol. The summed E-state index contributed by atoms with van der Waals surface area (Å²) >= 11 is 0. The van der Waals surface area contributed by atoms with E-state index in [1.165, 1.54) is 23.3 Å². The Balaban J connectivity index is 1.39. The molecule has 4 rings (SSSR count). The SMILES string of the molecule is O=C(NC1CCc2ccccc21)C1CC(c2ccc(F)cc2)NN1. The van der Waals surface area contributed by atoms with E-state index in [0.29, 0.717) is 6.42 Å². The average molecular weight is 325 g/mol. The summed E-state index contributed by atoms with van der Waals surface area (Å²) in [6, 6.07) is 14.5. The van der Waals surface area contributed by atoms with Crippen molar-refractivity contribution in [2.45, 2.75) is 37.4 Å². The average Bonchev–Trinajstić information content (AvgIpc) is 3.23. The largest absolute Gasteiger partial charge is 0.348 e. The summed E-state index contributed by atoms with van der Waals surface area (Å²) in [6.45, 7) is 0. The standard InChI is InChI=1S/C19H20FN3O/c20-14-8-5-13(6-9-14)17-11-18(23-22-17)19(24)21-16-10-7-12-3-1-2-4-15(12)16/h1-6,8-9,16-18,22-23H,7,10-11H2,(H,21,24). The van der Waals surface area contributed by atoms with Crippen molar-refractivity contribution >= 4 is 5.91 Å². The molecule has 124 valence electrons. The smallest absolute Gasteiger partial charge is 0.239 e. The van der Waals surface area contributed by atoms with Crippen molar-refractivity contribution in [2.75, 3.05) is 0 Å². The topological polar surface area (TPSA) is 53.2 Å². The zero-order valence-electron chi connectivity index (χ0n) is 13.3. The van der Waals surface area contributed by atoms with Crippen molar-refractivity contribution < 1.29 is 9.18 Å². The highest BCUT2D eigenvalue weighted by Crippen LogP contribution is 2.31. The fraction of sp³-hybridized carbons (Fsp3) is 0.316. The van der Waals surface area contributed by atoms with Gasteiger partial charge in [0, 0.05) is 6.04 Å². The van der Waals surface area contributed by atoms with Crippen molar-refractivity contribution in [1.82, 2.24) is 16.2 Å². The van der Waals surface area contributed by atoms with Crippen LogP contribution in [0.2, 0.25) is 0 Å². The normalized spacial score (nSPS) is 25.5. The summed E-state index contributed by atoms with van der Waals surface area (Å²) in [6.07, 6.45) is 2.61. The van der Waals surface area contributed by atoms with Gasteiger partial charge in [0.2, 0.25) is 5.91 Å². The van der Waals surface area contributed by atoms with E-state index in [2.05, 4.69) is 28.3 Å². The first kappa shape index (κ1) is 15.3. The van der Waals surface area contributed by atoms with Crippen molar-refractivity contribution in [3.8, 4) is 0 Å². The molecule has 3 N–H and O–H groups in total. The second-order valence-electron chi connectivity index (χ2n) is 6.48. The molecule has 3 atom stereocenters. The van der Waals surface area contributed by atoms with Crippen LogP contribution in [-0.2, 0) is 11.2 Å². The maximum Gasteiger partial charge on any atom is 0.239 e. The Bertz CT molecular complexity index is 747. The molecule has 3 unspecified atom stereocenters. The van der Waals surface area contributed by atoms with E-state index in [1.807, 2.05) is 12.1 Å². The van der Waals surface area contributed by atoms with Gasteiger partial charge < -0.3 is 5.32 Å². The first-order chi connectivity index (χ1) is 11.7. The van der Waals surface area contributed by atoms with Crippen LogP contribution in [0.5, 0.6) is 0 Å².